The first-order chi connectivity index (χ1) is 21.5. The minimum absolute atomic E-state index is 0.134. The van der Waals surface area contributed by atoms with Crippen molar-refractivity contribution in [1.29, 1.82) is 0 Å². The quantitative estimate of drug-likeness (QED) is 0.223. The Bertz CT molecular complexity index is 1620. The van der Waals surface area contributed by atoms with Gasteiger partial charge in [0.15, 0.2) is 0 Å². The number of fused-ring (bicyclic) bond motifs is 3. The molecule has 0 radical (unpaired) electrons. The molecule has 8 rings (SSSR count). The SMILES string of the molecule is Cc1nc2ccccc2n1C1CC2CCC(C1)N2CCC1(c2ccccc2)CCN(C(=O)C2(C)C[C@@H]2c2ccccc2)CC1. The molecule has 4 aliphatic rings. The first-order valence-electron chi connectivity index (χ1n) is 17.0. The molecule has 5 nitrogen and oxygen atoms in total. The van der Waals surface area contributed by atoms with Crippen molar-refractivity contribution in [3.8, 4) is 0 Å². The summed E-state index contributed by atoms with van der Waals surface area (Å²) in [6.07, 6.45) is 9.33. The Balaban J connectivity index is 0.959. The number of para-hydroxylation sites is 2. The predicted molar refractivity (Wildman–Crippen MR) is 177 cm³/mol. The summed E-state index contributed by atoms with van der Waals surface area (Å²) >= 11 is 0. The molecule has 3 saturated heterocycles. The molecule has 2 bridgehead atoms. The molecule has 4 fully saturated rings. The molecule has 1 aromatic heterocycles. The summed E-state index contributed by atoms with van der Waals surface area (Å²) in [5.74, 6) is 1.89. The molecular weight excluding hydrogens is 540 g/mol. The van der Waals surface area contributed by atoms with Gasteiger partial charge in [0.2, 0.25) is 5.91 Å². The molecule has 4 atom stereocenters. The van der Waals surface area contributed by atoms with Gasteiger partial charge in [0.05, 0.1) is 16.4 Å². The maximum absolute atomic E-state index is 13.9. The second kappa shape index (κ2) is 10.9. The van der Waals surface area contributed by atoms with E-state index in [0.29, 0.717) is 30.0 Å². The smallest absolute Gasteiger partial charge is 0.229 e. The third kappa shape index (κ3) is 4.70. The van der Waals surface area contributed by atoms with Gasteiger partial charge in [0.1, 0.15) is 5.82 Å². The van der Waals surface area contributed by atoms with Gasteiger partial charge in [-0.1, -0.05) is 79.7 Å². The number of nitrogens with zero attached hydrogens (tertiary/aromatic N) is 4. The number of carbonyl (C=O) groups is 1. The number of hydrogen-bond acceptors (Lipinski definition) is 3. The zero-order valence-corrected chi connectivity index (χ0v) is 26.4. The Morgan fingerprint density at radius 3 is 2.18 bits per heavy atom. The van der Waals surface area contributed by atoms with Crippen LogP contribution in [0, 0.1) is 12.3 Å². The van der Waals surface area contributed by atoms with E-state index < -0.39 is 0 Å². The molecule has 44 heavy (non-hydrogen) atoms. The summed E-state index contributed by atoms with van der Waals surface area (Å²) in [6.45, 7) is 7.27. The Morgan fingerprint density at radius 2 is 1.48 bits per heavy atom. The van der Waals surface area contributed by atoms with E-state index >= 15 is 0 Å². The minimum Gasteiger partial charge on any atom is -0.342 e. The number of amides is 1. The van der Waals surface area contributed by atoms with Crippen LogP contribution in [0.15, 0.2) is 84.9 Å². The number of piperidine rings is 2. The zero-order valence-electron chi connectivity index (χ0n) is 26.4. The van der Waals surface area contributed by atoms with Gasteiger partial charge in [0, 0.05) is 31.2 Å². The molecular formula is C39H46N4O. The van der Waals surface area contributed by atoms with E-state index in [2.05, 4.69) is 113 Å². The van der Waals surface area contributed by atoms with Crippen molar-refractivity contribution in [3.05, 3.63) is 102 Å². The van der Waals surface area contributed by atoms with Crippen LogP contribution in [-0.2, 0) is 10.2 Å². The highest BCUT2D eigenvalue weighted by molar-refractivity contribution is 5.87. The number of carbonyl (C=O) groups excluding carboxylic acids is 1. The van der Waals surface area contributed by atoms with Gasteiger partial charge in [-0.15, -0.1) is 0 Å². The van der Waals surface area contributed by atoms with Crippen molar-refractivity contribution in [2.45, 2.75) is 94.7 Å². The van der Waals surface area contributed by atoms with E-state index in [4.69, 9.17) is 4.98 Å². The monoisotopic (exact) mass is 586 g/mol. The van der Waals surface area contributed by atoms with E-state index in [1.54, 1.807) is 0 Å². The summed E-state index contributed by atoms with van der Waals surface area (Å²) in [7, 11) is 0. The highest BCUT2D eigenvalue weighted by Gasteiger charge is 2.58. The molecule has 1 aliphatic carbocycles. The molecule has 4 aromatic rings. The molecule has 3 aromatic carbocycles. The van der Waals surface area contributed by atoms with Crippen molar-refractivity contribution in [1.82, 2.24) is 19.4 Å². The van der Waals surface area contributed by atoms with Crippen LogP contribution in [0.5, 0.6) is 0 Å². The molecule has 0 spiro atoms. The second-order valence-electron chi connectivity index (χ2n) is 14.5. The van der Waals surface area contributed by atoms with Crippen molar-refractivity contribution < 1.29 is 4.79 Å². The maximum Gasteiger partial charge on any atom is 0.229 e. The van der Waals surface area contributed by atoms with Gasteiger partial charge in [-0.05, 0) is 99.4 Å². The number of likely N-dealkylation sites (tertiary alicyclic amines) is 1. The van der Waals surface area contributed by atoms with Crippen LogP contribution in [0.1, 0.15) is 87.2 Å². The number of rotatable bonds is 7. The zero-order chi connectivity index (χ0) is 29.9. The third-order valence-corrected chi connectivity index (χ3v) is 12.2. The second-order valence-corrected chi connectivity index (χ2v) is 14.5. The van der Waals surface area contributed by atoms with Gasteiger partial charge < -0.3 is 9.47 Å². The van der Waals surface area contributed by atoms with Crippen molar-refractivity contribution >= 4 is 16.9 Å². The number of benzene rings is 3. The molecule has 3 aliphatic heterocycles. The lowest BCUT2D eigenvalue weighted by atomic mass is 9.70. The normalized spacial score (nSPS) is 29.6. The van der Waals surface area contributed by atoms with Gasteiger partial charge in [-0.25, -0.2) is 4.98 Å². The molecule has 1 amide bonds. The average Bonchev–Trinajstić information content (AvgIpc) is 3.56. The van der Waals surface area contributed by atoms with Crippen LogP contribution in [0.3, 0.4) is 0 Å². The highest BCUT2D eigenvalue weighted by atomic mass is 16.2. The predicted octanol–water partition coefficient (Wildman–Crippen LogP) is 7.66. The van der Waals surface area contributed by atoms with E-state index in [0.717, 1.165) is 50.2 Å². The number of imidazole rings is 1. The van der Waals surface area contributed by atoms with Crippen LogP contribution < -0.4 is 0 Å². The maximum atomic E-state index is 13.9. The highest BCUT2D eigenvalue weighted by Crippen LogP contribution is 2.60. The summed E-state index contributed by atoms with van der Waals surface area (Å²) in [5, 5.41) is 0. The van der Waals surface area contributed by atoms with Crippen molar-refractivity contribution in [3.63, 3.8) is 0 Å². The summed E-state index contributed by atoms with van der Waals surface area (Å²) in [6, 6.07) is 32.4. The Kier molecular flexibility index (Phi) is 6.93. The summed E-state index contributed by atoms with van der Waals surface area (Å²) in [5.41, 5.74) is 5.09. The van der Waals surface area contributed by atoms with Gasteiger partial charge >= 0.3 is 0 Å². The van der Waals surface area contributed by atoms with Gasteiger partial charge in [0.25, 0.3) is 0 Å². The fourth-order valence-electron chi connectivity index (χ4n) is 9.54. The van der Waals surface area contributed by atoms with E-state index in [1.807, 2.05) is 0 Å². The lowest BCUT2D eigenvalue weighted by Gasteiger charge is -2.46. The van der Waals surface area contributed by atoms with Crippen molar-refractivity contribution in [2.24, 2.45) is 5.41 Å². The molecule has 228 valence electrons. The number of aryl methyl sites for hydroxylation is 1. The lowest BCUT2D eigenvalue weighted by Crippen LogP contribution is -2.50. The lowest BCUT2D eigenvalue weighted by molar-refractivity contribution is -0.138. The largest absolute Gasteiger partial charge is 0.342 e. The summed E-state index contributed by atoms with van der Waals surface area (Å²) < 4.78 is 2.54. The van der Waals surface area contributed by atoms with E-state index in [9.17, 15) is 4.79 Å². The Labute approximate surface area is 262 Å². The fraction of sp³-hybridized carbons (Fsp3) is 0.487. The number of hydrogen-bond donors (Lipinski definition) is 0. The van der Waals surface area contributed by atoms with Crippen LogP contribution >= 0.6 is 0 Å². The Hall–Kier alpha value is -3.44. The molecule has 5 heteroatoms. The average molecular weight is 587 g/mol. The van der Waals surface area contributed by atoms with Crippen LogP contribution in [0.2, 0.25) is 0 Å². The molecule has 0 N–H and O–H groups in total. The Morgan fingerprint density at radius 1 is 0.841 bits per heavy atom. The van der Waals surface area contributed by atoms with Crippen LogP contribution in [0.25, 0.3) is 11.0 Å². The molecule has 3 unspecified atom stereocenters. The van der Waals surface area contributed by atoms with E-state index in [-0.39, 0.29) is 10.8 Å². The topological polar surface area (TPSA) is 41.4 Å². The van der Waals surface area contributed by atoms with Crippen LogP contribution in [0.4, 0.5) is 0 Å². The fourth-order valence-corrected chi connectivity index (χ4v) is 9.54. The van der Waals surface area contributed by atoms with Crippen molar-refractivity contribution in [2.75, 3.05) is 19.6 Å². The number of aromatic nitrogens is 2. The third-order valence-electron chi connectivity index (χ3n) is 12.2. The van der Waals surface area contributed by atoms with E-state index in [1.165, 1.54) is 48.7 Å². The summed E-state index contributed by atoms with van der Waals surface area (Å²) in [4.78, 5) is 23.8. The van der Waals surface area contributed by atoms with Gasteiger partial charge in [-0.3, -0.25) is 9.69 Å². The van der Waals surface area contributed by atoms with Gasteiger partial charge in [-0.2, -0.15) is 0 Å². The molecule has 4 heterocycles. The molecule has 1 saturated carbocycles. The first-order valence-corrected chi connectivity index (χ1v) is 17.0. The van der Waals surface area contributed by atoms with Crippen LogP contribution in [-0.4, -0.2) is 57.0 Å². The first kappa shape index (κ1) is 28.1. The minimum atomic E-state index is -0.240. The standard InChI is InChI=1S/C39H46N4O/c1-28-40-35-15-9-10-16-36(35)43(28)33-25-31-17-18-32(26-33)42(31)24-21-39(30-13-7-4-8-14-30)19-22-41(23-20-39)37(44)38(2)27-34(38)29-11-5-3-6-12-29/h3-16,31-34H,17-27H2,1-2H3/t31?,32?,33?,34-,38?/m1/s1.